The Morgan fingerprint density at radius 1 is 1.21 bits per heavy atom. The first kappa shape index (κ1) is 18.3. The number of carbonyl (C=O) groups excluding carboxylic acids is 1. The smallest absolute Gasteiger partial charge is 0.311 e. The number of nitro groups is 1. The molecule has 0 fully saturated rings. The molecule has 2 rings (SSSR count). The van der Waals surface area contributed by atoms with Crippen LogP contribution in [0.1, 0.15) is 0 Å². The van der Waals surface area contributed by atoms with E-state index in [0.29, 0.717) is 0 Å². The summed E-state index contributed by atoms with van der Waals surface area (Å²) in [4.78, 5) is 22.0. The molecule has 0 saturated carbocycles. The van der Waals surface area contributed by atoms with Crippen LogP contribution in [-0.4, -0.2) is 17.4 Å². The Hall–Kier alpha value is -2.09. The van der Waals surface area contributed by atoms with E-state index in [1.807, 2.05) is 0 Å². The van der Waals surface area contributed by atoms with Gasteiger partial charge >= 0.3 is 5.69 Å². The number of ether oxygens (including phenoxy) is 1. The van der Waals surface area contributed by atoms with Gasteiger partial charge in [0.15, 0.2) is 6.61 Å². The minimum Gasteiger partial charge on any atom is -0.477 e. The standard InChI is InChI=1S/C14H8Cl3FN2O4/c15-7-3-9(16)14(10(17)4-7)19-13(21)6-24-12-5-8(18)1-2-11(12)20(22)23/h1-5H,6H2,(H,19,21). The molecule has 0 aliphatic heterocycles. The lowest BCUT2D eigenvalue weighted by molar-refractivity contribution is -0.385. The number of benzene rings is 2. The lowest BCUT2D eigenvalue weighted by Gasteiger charge is -2.11. The van der Waals surface area contributed by atoms with Crippen LogP contribution in [0.5, 0.6) is 5.75 Å². The molecule has 126 valence electrons. The van der Waals surface area contributed by atoms with Crippen LogP contribution in [0.4, 0.5) is 15.8 Å². The molecule has 6 nitrogen and oxygen atoms in total. The zero-order chi connectivity index (χ0) is 17.9. The lowest BCUT2D eigenvalue weighted by Crippen LogP contribution is -2.21. The predicted octanol–water partition coefficient (Wildman–Crippen LogP) is 4.71. The molecule has 0 radical (unpaired) electrons. The van der Waals surface area contributed by atoms with Crippen molar-refractivity contribution in [2.75, 3.05) is 11.9 Å². The average Bonchev–Trinajstić information content (AvgIpc) is 2.48. The summed E-state index contributed by atoms with van der Waals surface area (Å²) in [5, 5.41) is 13.7. The average molecular weight is 394 g/mol. The highest BCUT2D eigenvalue weighted by molar-refractivity contribution is 6.42. The lowest BCUT2D eigenvalue weighted by atomic mass is 10.3. The topological polar surface area (TPSA) is 81.5 Å². The Labute approximate surface area is 150 Å². The highest BCUT2D eigenvalue weighted by atomic mass is 35.5. The number of nitrogens with zero attached hydrogens (tertiary/aromatic N) is 1. The quantitative estimate of drug-likeness (QED) is 0.589. The molecule has 0 aliphatic carbocycles. The van der Waals surface area contributed by atoms with Gasteiger partial charge in [-0.05, 0) is 18.2 Å². The number of nitrogens with one attached hydrogen (secondary N) is 1. The molecule has 0 spiro atoms. The Bertz CT molecular complexity index is 794. The number of hydrogen-bond donors (Lipinski definition) is 1. The molecule has 10 heteroatoms. The summed E-state index contributed by atoms with van der Waals surface area (Å²) in [5.41, 5.74) is -0.350. The Morgan fingerprint density at radius 2 is 1.83 bits per heavy atom. The van der Waals surface area contributed by atoms with Crippen molar-refractivity contribution >= 4 is 52.1 Å². The monoisotopic (exact) mass is 392 g/mol. The summed E-state index contributed by atoms with van der Waals surface area (Å²) < 4.78 is 18.2. The second-order valence-corrected chi connectivity index (χ2v) is 5.70. The molecule has 1 N–H and O–H groups in total. The molecular weight excluding hydrogens is 386 g/mol. The SMILES string of the molecule is O=C(COc1cc(F)ccc1[N+](=O)[O-])Nc1c(Cl)cc(Cl)cc1Cl. The van der Waals surface area contributed by atoms with Gasteiger partial charge in [0.05, 0.1) is 20.7 Å². The van der Waals surface area contributed by atoms with Crippen LogP contribution in [0.25, 0.3) is 0 Å². The van der Waals surface area contributed by atoms with Gasteiger partial charge in [0.1, 0.15) is 5.82 Å². The van der Waals surface area contributed by atoms with Gasteiger partial charge in [-0.2, -0.15) is 0 Å². The molecule has 0 heterocycles. The second kappa shape index (κ2) is 7.65. The molecule has 0 aliphatic rings. The summed E-state index contributed by atoms with van der Waals surface area (Å²) in [6.45, 7) is -0.612. The number of anilines is 1. The van der Waals surface area contributed by atoms with E-state index < -0.39 is 28.9 Å². The van der Waals surface area contributed by atoms with Gasteiger partial charge < -0.3 is 10.1 Å². The minimum atomic E-state index is -0.750. The summed E-state index contributed by atoms with van der Waals surface area (Å²) in [7, 11) is 0. The van der Waals surface area contributed by atoms with Crippen molar-refractivity contribution in [3.63, 3.8) is 0 Å². The number of amides is 1. The first-order valence-electron chi connectivity index (χ1n) is 6.29. The Kier molecular flexibility index (Phi) is 5.82. The predicted molar refractivity (Wildman–Crippen MR) is 88.7 cm³/mol. The van der Waals surface area contributed by atoms with E-state index in [2.05, 4.69) is 5.32 Å². The van der Waals surface area contributed by atoms with Crippen molar-refractivity contribution in [2.24, 2.45) is 0 Å². The van der Waals surface area contributed by atoms with Crippen LogP contribution < -0.4 is 10.1 Å². The van der Waals surface area contributed by atoms with Crippen molar-refractivity contribution < 1.29 is 18.8 Å². The van der Waals surface area contributed by atoms with Gasteiger partial charge in [-0.25, -0.2) is 4.39 Å². The van der Waals surface area contributed by atoms with Crippen LogP contribution in [0.3, 0.4) is 0 Å². The Balaban J connectivity index is 2.10. The van der Waals surface area contributed by atoms with E-state index in [9.17, 15) is 19.3 Å². The van der Waals surface area contributed by atoms with Gasteiger partial charge in [0.2, 0.25) is 5.75 Å². The highest BCUT2D eigenvalue weighted by Crippen LogP contribution is 2.33. The van der Waals surface area contributed by atoms with Crippen LogP contribution in [0.15, 0.2) is 30.3 Å². The van der Waals surface area contributed by atoms with E-state index in [4.69, 9.17) is 39.5 Å². The second-order valence-electron chi connectivity index (χ2n) is 4.45. The van der Waals surface area contributed by atoms with Crippen molar-refractivity contribution in [1.29, 1.82) is 0 Å². The molecular formula is C14H8Cl3FN2O4. The molecule has 2 aromatic carbocycles. The normalized spacial score (nSPS) is 10.3. The molecule has 2 aromatic rings. The largest absolute Gasteiger partial charge is 0.477 e. The fourth-order valence-corrected chi connectivity index (χ4v) is 2.65. The van der Waals surface area contributed by atoms with Gasteiger partial charge in [0, 0.05) is 17.2 Å². The molecule has 0 saturated heterocycles. The zero-order valence-electron chi connectivity index (χ0n) is 11.7. The van der Waals surface area contributed by atoms with E-state index in [0.717, 1.165) is 18.2 Å². The first-order chi connectivity index (χ1) is 11.3. The van der Waals surface area contributed by atoms with E-state index in [-0.39, 0.29) is 26.5 Å². The fraction of sp³-hybridized carbons (Fsp3) is 0.0714. The summed E-state index contributed by atoms with van der Waals surface area (Å²) in [5.74, 6) is -1.80. The van der Waals surface area contributed by atoms with Gasteiger partial charge in [-0.3, -0.25) is 14.9 Å². The molecule has 1 amide bonds. The van der Waals surface area contributed by atoms with Crippen molar-refractivity contribution in [3.8, 4) is 5.75 Å². The maximum Gasteiger partial charge on any atom is 0.311 e. The van der Waals surface area contributed by atoms with Crippen molar-refractivity contribution in [1.82, 2.24) is 0 Å². The number of nitro benzene ring substituents is 1. The summed E-state index contributed by atoms with van der Waals surface area (Å²) in [6.07, 6.45) is 0. The van der Waals surface area contributed by atoms with Crippen LogP contribution >= 0.6 is 34.8 Å². The van der Waals surface area contributed by atoms with Crippen LogP contribution in [0.2, 0.25) is 15.1 Å². The van der Waals surface area contributed by atoms with Gasteiger partial charge in [0.25, 0.3) is 5.91 Å². The molecule has 0 bridgehead atoms. The molecule has 0 unspecified atom stereocenters. The third kappa shape index (κ3) is 4.47. The van der Waals surface area contributed by atoms with Crippen LogP contribution in [0, 0.1) is 15.9 Å². The molecule has 0 aromatic heterocycles. The number of hydrogen-bond acceptors (Lipinski definition) is 4. The van der Waals surface area contributed by atoms with Gasteiger partial charge in [-0.1, -0.05) is 34.8 Å². The summed E-state index contributed by atoms with van der Waals surface area (Å²) >= 11 is 17.6. The van der Waals surface area contributed by atoms with Gasteiger partial charge in [-0.15, -0.1) is 0 Å². The van der Waals surface area contributed by atoms with Crippen molar-refractivity contribution in [2.45, 2.75) is 0 Å². The highest BCUT2D eigenvalue weighted by Gasteiger charge is 2.18. The van der Waals surface area contributed by atoms with E-state index in [1.165, 1.54) is 12.1 Å². The summed E-state index contributed by atoms with van der Waals surface area (Å²) in [6, 6.07) is 5.42. The number of carbonyl (C=O) groups is 1. The number of halogens is 4. The fourth-order valence-electron chi connectivity index (χ4n) is 1.73. The molecule has 24 heavy (non-hydrogen) atoms. The van der Waals surface area contributed by atoms with Crippen LogP contribution in [-0.2, 0) is 4.79 Å². The number of rotatable bonds is 5. The zero-order valence-corrected chi connectivity index (χ0v) is 14.0. The Morgan fingerprint density at radius 3 is 2.42 bits per heavy atom. The third-order valence-electron chi connectivity index (χ3n) is 2.75. The maximum absolute atomic E-state index is 13.2. The maximum atomic E-state index is 13.2. The van der Waals surface area contributed by atoms with Crippen molar-refractivity contribution in [3.05, 3.63) is 61.3 Å². The van der Waals surface area contributed by atoms with E-state index in [1.54, 1.807) is 0 Å². The third-order valence-corrected chi connectivity index (χ3v) is 3.56. The minimum absolute atomic E-state index is 0.109. The van der Waals surface area contributed by atoms with E-state index >= 15 is 0 Å². The molecule has 0 atom stereocenters. The first-order valence-corrected chi connectivity index (χ1v) is 7.42.